The monoisotopic (exact) mass is 257 g/mol. The molecule has 0 aromatic carbocycles. The number of carbonyl (C=O) groups is 2. The van der Waals surface area contributed by atoms with Crippen molar-refractivity contribution in [3.8, 4) is 0 Å². The van der Waals surface area contributed by atoms with Gasteiger partial charge in [0.25, 0.3) is 0 Å². The molecule has 0 saturated heterocycles. The van der Waals surface area contributed by atoms with Crippen molar-refractivity contribution in [1.82, 2.24) is 15.5 Å². The van der Waals surface area contributed by atoms with E-state index in [9.17, 15) is 9.59 Å². The molecular formula is C13H27N3O2. The van der Waals surface area contributed by atoms with Crippen molar-refractivity contribution in [2.75, 3.05) is 26.7 Å². The lowest BCUT2D eigenvalue weighted by atomic mass is 10.1. The van der Waals surface area contributed by atoms with E-state index in [0.717, 1.165) is 13.0 Å². The second-order valence-corrected chi connectivity index (χ2v) is 5.27. The van der Waals surface area contributed by atoms with Gasteiger partial charge in [0, 0.05) is 25.7 Å². The number of hydrogen-bond donors (Lipinski definition) is 2. The maximum atomic E-state index is 11.4. The van der Waals surface area contributed by atoms with Gasteiger partial charge < -0.3 is 15.5 Å². The topological polar surface area (TPSA) is 61.4 Å². The summed E-state index contributed by atoms with van der Waals surface area (Å²) in [5.74, 6) is -0.563. The van der Waals surface area contributed by atoms with Gasteiger partial charge >= 0.3 is 11.8 Å². The van der Waals surface area contributed by atoms with Gasteiger partial charge in [0.15, 0.2) is 0 Å². The summed E-state index contributed by atoms with van der Waals surface area (Å²) in [4.78, 5) is 24.9. The maximum absolute atomic E-state index is 11.4. The summed E-state index contributed by atoms with van der Waals surface area (Å²) in [5, 5.41) is 5.22. The first-order chi connectivity index (χ1) is 8.34. The largest absolute Gasteiger partial charge is 0.348 e. The molecule has 2 amide bonds. The van der Waals surface area contributed by atoms with E-state index in [1.165, 1.54) is 0 Å². The van der Waals surface area contributed by atoms with Crippen LogP contribution in [-0.4, -0.2) is 49.4 Å². The van der Waals surface area contributed by atoms with E-state index in [1.807, 2.05) is 7.05 Å². The Bertz CT molecular complexity index is 265. The van der Waals surface area contributed by atoms with E-state index in [2.05, 4.69) is 43.2 Å². The normalized spacial score (nSPS) is 11.1. The predicted octanol–water partition coefficient (Wildman–Crippen LogP) is 0.605. The zero-order valence-electron chi connectivity index (χ0n) is 12.2. The third-order valence-corrected chi connectivity index (χ3v) is 2.85. The molecule has 0 unspecified atom stereocenters. The first-order valence-corrected chi connectivity index (χ1v) is 6.60. The van der Waals surface area contributed by atoms with Crippen LogP contribution in [0.3, 0.4) is 0 Å². The van der Waals surface area contributed by atoms with Crippen LogP contribution in [0.5, 0.6) is 0 Å². The van der Waals surface area contributed by atoms with Gasteiger partial charge in [-0.25, -0.2) is 0 Å². The molecule has 18 heavy (non-hydrogen) atoms. The Morgan fingerprint density at radius 2 is 1.50 bits per heavy atom. The molecule has 0 spiro atoms. The van der Waals surface area contributed by atoms with Gasteiger partial charge in [0.1, 0.15) is 0 Å². The van der Waals surface area contributed by atoms with Crippen molar-refractivity contribution in [1.29, 1.82) is 0 Å². The number of rotatable bonds is 7. The van der Waals surface area contributed by atoms with E-state index in [1.54, 1.807) is 0 Å². The molecule has 0 heterocycles. The molecule has 0 bridgehead atoms. The Kier molecular flexibility index (Phi) is 8.37. The molecule has 0 atom stereocenters. The van der Waals surface area contributed by atoms with Crippen LogP contribution in [0.2, 0.25) is 0 Å². The summed E-state index contributed by atoms with van der Waals surface area (Å²) in [5.41, 5.74) is 0. The Morgan fingerprint density at radius 3 is 1.94 bits per heavy atom. The molecule has 0 aliphatic heterocycles. The van der Waals surface area contributed by atoms with E-state index in [4.69, 9.17) is 0 Å². The van der Waals surface area contributed by atoms with Crippen LogP contribution < -0.4 is 10.6 Å². The highest BCUT2D eigenvalue weighted by atomic mass is 16.2. The molecule has 2 N–H and O–H groups in total. The summed E-state index contributed by atoms with van der Waals surface area (Å²) in [6.07, 6.45) is 0.884. The van der Waals surface area contributed by atoms with Crippen LogP contribution in [0.15, 0.2) is 0 Å². The smallest absolute Gasteiger partial charge is 0.309 e. The van der Waals surface area contributed by atoms with Crippen LogP contribution in [0, 0.1) is 5.92 Å². The van der Waals surface area contributed by atoms with E-state index < -0.39 is 11.8 Å². The second kappa shape index (κ2) is 8.91. The number of nitrogens with zero attached hydrogens (tertiary/aromatic N) is 1. The summed E-state index contributed by atoms with van der Waals surface area (Å²) in [6, 6.07) is 0.432. The molecule has 0 radical (unpaired) electrons. The lowest BCUT2D eigenvalue weighted by Gasteiger charge is -2.20. The van der Waals surface area contributed by atoms with Crippen LogP contribution in [0.1, 0.15) is 34.1 Å². The van der Waals surface area contributed by atoms with Gasteiger partial charge in [0.2, 0.25) is 0 Å². The Balaban J connectivity index is 3.72. The maximum Gasteiger partial charge on any atom is 0.309 e. The van der Waals surface area contributed by atoms with Crippen LogP contribution in [0.25, 0.3) is 0 Å². The van der Waals surface area contributed by atoms with Crippen LogP contribution in [0.4, 0.5) is 0 Å². The predicted molar refractivity (Wildman–Crippen MR) is 73.2 cm³/mol. The van der Waals surface area contributed by atoms with Crippen molar-refractivity contribution in [2.45, 2.75) is 40.2 Å². The lowest BCUT2D eigenvalue weighted by Crippen LogP contribution is -2.43. The minimum absolute atomic E-state index is 0.432. The second-order valence-electron chi connectivity index (χ2n) is 5.27. The van der Waals surface area contributed by atoms with Gasteiger partial charge in [0.05, 0.1) is 0 Å². The van der Waals surface area contributed by atoms with Gasteiger partial charge in [-0.3, -0.25) is 9.59 Å². The first kappa shape index (κ1) is 16.9. The van der Waals surface area contributed by atoms with Gasteiger partial charge in [-0.05, 0) is 33.2 Å². The number of amides is 2. The van der Waals surface area contributed by atoms with E-state index in [-0.39, 0.29) is 0 Å². The Labute approximate surface area is 110 Å². The molecule has 0 aliphatic carbocycles. The van der Waals surface area contributed by atoms with E-state index in [0.29, 0.717) is 25.0 Å². The highest BCUT2D eigenvalue weighted by molar-refractivity contribution is 6.35. The first-order valence-electron chi connectivity index (χ1n) is 6.60. The van der Waals surface area contributed by atoms with Crippen molar-refractivity contribution < 1.29 is 9.59 Å². The highest BCUT2D eigenvalue weighted by Crippen LogP contribution is 1.96. The van der Waals surface area contributed by atoms with Gasteiger partial charge in [-0.15, -0.1) is 0 Å². The zero-order chi connectivity index (χ0) is 14.1. The summed E-state index contributed by atoms with van der Waals surface area (Å²) in [7, 11) is 1.99. The number of carbonyl (C=O) groups excluding carboxylic acids is 2. The fraction of sp³-hybridized carbons (Fsp3) is 0.846. The molecule has 5 heteroatoms. The fourth-order valence-electron chi connectivity index (χ4n) is 1.24. The van der Waals surface area contributed by atoms with Crippen molar-refractivity contribution in [3.63, 3.8) is 0 Å². The van der Waals surface area contributed by atoms with Crippen LogP contribution >= 0.6 is 0 Å². The summed E-state index contributed by atoms with van der Waals surface area (Å²) < 4.78 is 0. The third kappa shape index (κ3) is 8.06. The standard InChI is InChI=1S/C13H27N3O2/c1-10(2)6-7-14-12(17)13(18)15-8-9-16(5)11(3)4/h10-11H,6-9H2,1-5H3,(H,14,17)(H,15,18). The van der Waals surface area contributed by atoms with Crippen molar-refractivity contribution >= 4 is 11.8 Å². The molecule has 0 saturated carbocycles. The van der Waals surface area contributed by atoms with E-state index >= 15 is 0 Å². The number of hydrogen-bond acceptors (Lipinski definition) is 3. The summed E-state index contributed by atoms with van der Waals surface area (Å²) in [6.45, 7) is 10.1. The van der Waals surface area contributed by atoms with Crippen molar-refractivity contribution in [2.24, 2.45) is 5.92 Å². The average Bonchev–Trinajstić information content (AvgIpc) is 2.27. The quantitative estimate of drug-likeness (QED) is 0.657. The Hall–Kier alpha value is -1.10. The SMILES string of the molecule is CC(C)CCNC(=O)C(=O)NCCN(C)C(C)C. The zero-order valence-corrected chi connectivity index (χ0v) is 12.2. The van der Waals surface area contributed by atoms with Gasteiger partial charge in [-0.1, -0.05) is 13.8 Å². The molecule has 0 aromatic heterocycles. The Morgan fingerprint density at radius 1 is 1.00 bits per heavy atom. The highest BCUT2D eigenvalue weighted by Gasteiger charge is 2.12. The molecule has 5 nitrogen and oxygen atoms in total. The fourth-order valence-corrected chi connectivity index (χ4v) is 1.24. The minimum Gasteiger partial charge on any atom is -0.348 e. The lowest BCUT2D eigenvalue weighted by molar-refractivity contribution is -0.139. The van der Waals surface area contributed by atoms with Crippen LogP contribution in [-0.2, 0) is 9.59 Å². The minimum atomic E-state index is -0.545. The molecular weight excluding hydrogens is 230 g/mol. The summed E-state index contributed by atoms with van der Waals surface area (Å²) >= 11 is 0. The average molecular weight is 257 g/mol. The third-order valence-electron chi connectivity index (χ3n) is 2.85. The molecule has 0 aromatic rings. The van der Waals surface area contributed by atoms with Gasteiger partial charge in [-0.2, -0.15) is 0 Å². The molecule has 0 aliphatic rings. The number of nitrogens with one attached hydrogen (secondary N) is 2. The molecule has 0 fully saturated rings. The number of likely N-dealkylation sites (N-methyl/N-ethyl adjacent to an activating group) is 1. The molecule has 0 rings (SSSR count). The molecule has 106 valence electrons. The van der Waals surface area contributed by atoms with Crippen molar-refractivity contribution in [3.05, 3.63) is 0 Å².